The van der Waals surface area contributed by atoms with Gasteiger partial charge in [-0.1, -0.05) is 36.4 Å². The van der Waals surface area contributed by atoms with Crippen LogP contribution in [0.2, 0.25) is 0 Å². The Morgan fingerprint density at radius 1 is 1.21 bits per heavy atom. The number of hydrogen-bond acceptors (Lipinski definition) is 5. The number of rotatable bonds is 6. The molecular formula is C21H22N4O3. The number of amides is 1. The van der Waals surface area contributed by atoms with E-state index in [1.807, 2.05) is 42.5 Å². The predicted octanol–water partition coefficient (Wildman–Crippen LogP) is 2.29. The van der Waals surface area contributed by atoms with Crippen LogP contribution in [0.25, 0.3) is 0 Å². The van der Waals surface area contributed by atoms with E-state index in [0.717, 1.165) is 5.56 Å². The summed E-state index contributed by atoms with van der Waals surface area (Å²) in [5, 5.41) is 7.36. The van der Waals surface area contributed by atoms with E-state index in [0.29, 0.717) is 37.6 Å². The third-order valence-corrected chi connectivity index (χ3v) is 4.61. The molecule has 7 nitrogen and oxygen atoms in total. The molecule has 0 radical (unpaired) electrons. The van der Waals surface area contributed by atoms with E-state index in [9.17, 15) is 4.79 Å². The number of carbonyl (C=O) groups is 1. The molecule has 28 heavy (non-hydrogen) atoms. The van der Waals surface area contributed by atoms with Gasteiger partial charge in [-0.05, 0) is 18.1 Å². The molecule has 0 spiro atoms. The first-order valence-corrected chi connectivity index (χ1v) is 9.30. The second kappa shape index (κ2) is 8.67. The van der Waals surface area contributed by atoms with E-state index in [-0.39, 0.29) is 18.1 Å². The van der Waals surface area contributed by atoms with Crippen LogP contribution in [0.1, 0.15) is 22.3 Å². The Hall–Kier alpha value is -3.19. The van der Waals surface area contributed by atoms with Crippen LogP contribution < -0.4 is 10.1 Å². The SMILES string of the molecule is O=C(NC1CCOCC1Oc1ccccn1)c1cnn(Cc2ccccc2)c1. The summed E-state index contributed by atoms with van der Waals surface area (Å²) in [6, 6.07) is 15.3. The van der Waals surface area contributed by atoms with Gasteiger partial charge in [0, 0.05) is 25.1 Å². The summed E-state index contributed by atoms with van der Waals surface area (Å²) in [5.74, 6) is 0.355. The summed E-state index contributed by atoms with van der Waals surface area (Å²) in [4.78, 5) is 16.9. The molecule has 2 aromatic heterocycles. The van der Waals surface area contributed by atoms with Crippen LogP contribution in [0.4, 0.5) is 0 Å². The Labute approximate surface area is 163 Å². The van der Waals surface area contributed by atoms with Crippen molar-refractivity contribution in [2.24, 2.45) is 0 Å². The van der Waals surface area contributed by atoms with Gasteiger partial charge in [-0.3, -0.25) is 9.48 Å². The van der Waals surface area contributed by atoms with Crippen molar-refractivity contribution >= 4 is 5.91 Å². The number of hydrogen-bond donors (Lipinski definition) is 1. The number of pyridine rings is 1. The fourth-order valence-corrected chi connectivity index (χ4v) is 3.15. The van der Waals surface area contributed by atoms with Gasteiger partial charge < -0.3 is 14.8 Å². The van der Waals surface area contributed by atoms with Gasteiger partial charge in [0.1, 0.15) is 6.10 Å². The monoisotopic (exact) mass is 378 g/mol. The van der Waals surface area contributed by atoms with Gasteiger partial charge in [0.05, 0.1) is 31.0 Å². The van der Waals surface area contributed by atoms with Crippen LogP contribution in [0.15, 0.2) is 67.1 Å². The molecule has 2 unspecified atom stereocenters. The summed E-state index contributed by atoms with van der Waals surface area (Å²) >= 11 is 0. The Kier molecular flexibility index (Phi) is 5.63. The second-order valence-electron chi connectivity index (χ2n) is 6.68. The molecule has 0 aliphatic carbocycles. The summed E-state index contributed by atoms with van der Waals surface area (Å²) in [7, 11) is 0. The molecule has 1 N–H and O–H groups in total. The maximum absolute atomic E-state index is 12.7. The Bertz CT molecular complexity index is 898. The van der Waals surface area contributed by atoms with Crippen molar-refractivity contribution < 1.29 is 14.3 Å². The fraction of sp³-hybridized carbons (Fsp3) is 0.286. The van der Waals surface area contributed by atoms with Crippen molar-refractivity contribution in [3.8, 4) is 5.88 Å². The molecule has 0 bridgehead atoms. The zero-order valence-electron chi connectivity index (χ0n) is 15.4. The van der Waals surface area contributed by atoms with Gasteiger partial charge >= 0.3 is 0 Å². The molecule has 0 saturated carbocycles. The van der Waals surface area contributed by atoms with Crippen LogP contribution in [-0.2, 0) is 11.3 Å². The quantitative estimate of drug-likeness (QED) is 0.712. The number of carbonyl (C=O) groups excluding carboxylic acids is 1. The minimum absolute atomic E-state index is 0.152. The molecule has 3 heterocycles. The molecule has 2 atom stereocenters. The average molecular weight is 378 g/mol. The number of benzene rings is 1. The molecule has 1 aliphatic heterocycles. The molecular weight excluding hydrogens is 356 g/mol. The van der Waals surface area contributed by atoms with E-state index < -0.39 is 0 Å². The molecule has 1 saturated heterocycles. The second-order valence-corrected chi connectivity index (χ2v) is 6.68. The van der Waals surface area contributed by atoms with Crippen LogP contribution >= 0.6 is 0 Å². The van der Waals surface area contributed by atoms with Crippen molar-refractivity contribution in [2.75, 3.05) is 13.2 Å². The third-order valence-electron chi connectivity index (χ3n) is 4.61. The summed E-state index contributed by atoms with van der Waals surface area (Å²) in [6.45, 7) is 1.62. The third kappa shape index (κ3) is 4.55. The summed E-state index contributed by atoms with van der Waals surface area (Å²) in [5.41, 5.74) is 1.66. The molecule has 144 valence electrons. The fourth-order valence-electron chi connectivity index (χ4n) is 3.15. The minimum atomic E-state index is -0.285. The first-order chi connectivity index (χ1) is 13.8. The van der Waals surface area contributed by atoms with Crippen molar-refractivity contribution in [2.45, 2.75) is 25.1 Å². The Balaban J connectivity index is 1.39. The average Bonchev–Trinajstić information content (AvgIpc) is 3.20. The van der Waals surface area contributed by atoms with Crippen LogP contribution in [0, 0.1) is 0 Å². The van der Waals surface area contributed by atoms with Gasteiger partial charge in [-0.25, -0.2) is 4.98 Å². The number of nitrogens with zero attached hydrogens (tertiary/aromatic N) is 3. The van der Waals surface area contributed by atoms with Gasteiger partial charge in [-0.15, -0.1) is 0 Å². The first kappa shape index (κ1) is 18.2. The normalized spacial score (nSPS) is 19.1. The molecule has 1 aliphatic rings. The Morgan fingerprint density at radius 3 is 2.89 bits per heavy atom. The van der Waals surface area contributed by atoms with E-state index in [1.54, 1.807) is 29.3 Å². The number of ether oxygens (including phenoxy) is 2. The molecule has 4 rings (SSSR count). The lowest BCUT2D eigenvalue weighted by Crippen LogP contribution is -2.51. The highest BCUT2D eigenvalue weighted by Crippen LogP contribution is 2.16. The van der Waals surface area contributed by atoms with E-state index in [1.165, 1.54) is 0 Å². The first-order valence-electron chi connectivity index (χ1n) is 9.30. The Morgan fingerprint density at radius 2 is 2.07 bits per heavy atom. The van der Waals surface area contributed by atoms with Crippen molar-refractivity contribution in [3.63, 3.8) is 0 Å². The molecule has 1 fully saturated rings. The lowest BCUT2D eigenvalue weighted by molar-refractivity contribution is -0.0152. The summed E-state index contributed by atoms with van der Waals surface area (Å²) < 4.78 is 13.2. The van der Waals surface area contributed by atoms with Gasteiger partial charge in [0.15, 0.2) is 0 Å². The van der Waals surface area contributed by atoms with Crippen LogP contribution in [0.5, 0.6) is 5.88 Å². The summed E-state index contributed by atoms with van der Waals surface area (Å²) in [6.07, 6.45) is 5.42. The maximum atomic E-state index is 12.7. The van der Waals surface area contributed by atoms with E-state index >= 15 is 0 Å². The number of aromatic nitrogens is 3. The zero-order chi connectivity index (χ0) is 19.2. The highest BCUT2D eigenvalue weighted by molar-refractivity contribution is 5.93. The molecule has 7 heteroatoms. The van der Waals surface area contributed by atoms with E-state index in [2.05, 4.69) is 15.4 Å². The smallest absolute Gasteiger partial charge is 0.254 e. The molecule has 1 amide bonds. The lowest BCUT2D eigenvalue weighted by Gasteiger charge is -2.31. The van der Waals surface area contributed by atoms with E-state index in [4.69, 9.17) is 9.47 Å². The topological polar surface area (TPSA) is 78.3 Å². The van der Waals surface area contributed by atoms with Crippen molar-refractivity contribution in [3.05, 3.63) is 78.2 Å². The molecule has 3 aromatic rings. The van der Waals surface area contributed by atoms with Crippen molar-refractivity contribution in [1.29, 1.82) is 0 Å². The predicted molar refractivity (Wildman–Crippen MR) is 103 cm³/mol. The standard InChI is InChI=1S/C21H22N4O3/c26-21(17-12-23-25(14-17)13-16-6-2-1-3-7-16)24-18-9-11-27-15-19(18)28-20-8-4-5-10-22-20/h1-8,10,12,14,18-19H,9,11,13,15H2,(H,24,26). The lowest BCUT2D eigenvalue weighted by atomic mass is 10.1. The highest BCUT2D eigenvalue weighted by atomic mass is 16.5. The highest BCUT2D eigenvalue weighted by Gasteiger charge is 2.29. The van der Waals surface area contributed by atoms with Gasteiger partial charge in [0.2, 0.25) is 5.88 Å². The van der Waals surface area contributed by atoms with Crippen LogP contribution in [0.3, 0.4) is 0 Å². The zero-order valence-corrected chi connectivity index (χ0v) is 15.4. The van der Waals surface area contributed by atoms with Crippen LogP contribution in [-0.4, -0.2) is 46.0 Å². The van der Waals surface area contributed by atoms with Gasteiger partial charge in [-0.2, -0.15) is 5.10 Å². The van der Waals surface area contributed by atoms with Gasteiger partial charge in [0.25, 0.3) is 5.91 Å². The molecule has 1 aromatic carbocycles. The number of nitrogens with one attached hydrogen (secondary N) is 1. The maximum Gasteiger partial charge on any atom is 0.254 e. The van der Waals surface area contributed by atoms with Crippen molar-refractivity contribution in [1.82, 2.24) is 20.1 Å². The largest absolute Gasteiger partial charge is 0.470 e. The minimum Gasteiger partial charge on any atom is -0.470 e.